The van der Waals surface area contributed by atoms with Crippen LogP contribution in [0, 0.1) is 12.8 Å². The van der Waals surface area contributed by atoms with E-state index in [0.717, 1.165) is 61.0 Å². The van der Waals surface area contributed by atoms with Crippen LogP contribution in [0.25, 0.3) is 0 Å². The number of rotatable bonds is 6. The molecule has 0 spiro atoms. The summed E-state index contributed by atoms with van der Waals surface area (Å²) in [5, 5.41) is 3.89. The molecule has 5 heteroatoms. The summed E-state index contributed by atoms with van der Waals surface area (Å²) in [6, 6.07) is 12.0. The summed E-state index contributed by atoms with van der Waals surface area (Å²) in [6.45, 7) is 5.74. The Morgan fingerprint density at radius 3 is 2.68 bits per heavy atom. The molecular weight excluding hydrogens is 370 g/mol. The van der Waals surface area contributed by atoms with Crippen molar-refractivity contribution in [2.45, 2.75) is 45.1 Å². The van der Waals surface area contributed by atoms with E-state index in [4.69, 9.17) is 16.6 Å². The molecule has 2 aliphatic rings. The summed E-state index contributed by atoms with van der Waals surface area (Å²) in [5.74, 6) is 1.06. The summed E-state index contributed by atoms with van der Waals surface area (Å²) in [6.07, 6.45) is 4.54. The minimum Gasteiger partial charge on any atom is -0.352 e. The van der Waals surface area contributed by atoms with Crippen molar-refractivity contribution in [2.24, 2.45) is 5.92 Å². The molecule has 148 valence electrons. The molecule has 0 bridgehead atoms. The van der Waals surface area contributed by atoms with Crippen molar-refractivity contribution in [1.82, 2.24) is 15.2 Å². The van der Waals surface area contributed by atoms with Gasteiger partial charge in [0.1, 0.15) is 0 Å². The van der Waals surface area contributed by atoms with Crippen molar-refractivity contribution in [3.8, 4) is 0 Å². The lowest BCUT2D eigenvalue weighted by Gasteiger charge is -2.32. The molecule has 1 amide bonds. The first-order chi connectivity index (χ1) is 13.6. The van der Waals surface area contributed by atoms with Gasteiger partial charge in [-0.3, -0.25) is 14.7 Å². The van der Waals surface area contributed by atoms with Gasteiger partial charge in [0.2, 0.25) is 0 Å². The van der Waals surface area contributed by atoms with E-state index in [1.54, 1.807) is 0 Å². The second-order valence-corrected chi connectivity index (χ2v) is 8.66. The lowest BCUT2D eigenvalue weighted by atomic mass is 9.89. The maximum Gasteiger partial charge on any atom is 0.253 e. The Hall–Kier alpha value is -1.91. The van der Waals surface area contributed by atoms with Crippen molar-refractivity contribution in [2.75, 3.05) is 19.6 Å². The third-order valence-corrected chi connectivity index (χ3v) is 6.06. The smallest absolute Gasteiger partial charge is 0.253 e. The number of hydrogen-bond donors (Lipinski definition) is 1. The predicted octanol–water partition coefficient (Wildman–Crippen LogP) is 4.56. The van der Waals surface area contributed by atoms with Gasteiger partial charge in [0.25, 0.3) is 5.91 Å². The number of carbonyl (C=O) groups excluding carboxylic acids is 1. The molecule has 1 N–H and O–H groups in total. The Bertz CT molecular complexity index is 841. The molecular formula is C23H28ClN3O. The first-order valence-electron chi connectivity index (χ1n) is 10.3. The molecule has 4 nitrogen and oxygen atoms in total. The van der Waals surface area contributed by atoms with Crippen LogP contribution in [-0.4, -0.2) is 35.4 Å². The van der Waals surface area contributed by atoms with E-state index >= 15 is 0 Å². The number of amides is 1. The molecule has 2 aromatic rings. The largest absolute Gasteiger partial charge is 0.352 e. The number of nitrogens with zero attached hydrogens (tertiary/aromatic N) is 2. The minimum atomic E-state index is 0.0377. The number of aryl methyl sites for hydroxylation is 1. The van der Waals surface area contributed by atoms with E-state index in [1.165, 1.54) is 18.4 Å². The van der Waals surface area contributed by atoms with Gasteiger partial charge in [-0.2, -0.15) is 0 Å². The van der Waals surface area contributed by atoms with Crippen LogP contribution in [0.15, 0.2) is 36.4 Å². The highest BCUT2D eigenvalue weighted by Crippen LogP contribution is 2.31. The summed E-state index contributed by atoms with van der Waals surface area (Å²) in [7, 11) is 0. The van der Waals surface area contributed by atoms with Crippen molar-refractivity contribution in [3.63, 3.8) is 0 Å². The summed E-state index contributed by atoms with van der Waals surface area (Å²) in [5.41, 5.74) is 3.98. The lowest BCUT2D eigenvalue weighted by Crippen LogP contribution is -2.34. The highest BCUT2D eigenvalue weighted by atomic mass is 35.5. The number of halogens is 1. The van der Waals surface area contributed by atoms with E-state index < -0.39 is 0 Å². The van der Waals surface area contributed by atoms with Crippen LogP contribution in [-0.2, 0) is 6.54 Å². The molecule has 1 aliphatic heterocycles. The molecule has 1 aliphatic carbocycles. The second-order valence-electron chi connectivity index (χ2n) is 8.22. The number of carbonyl (C=O) groups is 1. The first-order valence-corrected chi connectivity index (χ1v) is 10.7. The van der Waals surface area contributed by atoms with Crippen molar-refractivity contribution >= 4 is 17.5 Å². The fraction of sp³-hybridized carbons (Fsp3) is 0.478. The van der Waals surface area contributed by atoms with E-state index in [2.05, 4.69) is 16.3 Å². The van der Waals surface area contributed by atoms with Gasteiger partial charge in [0.05, 0.1) is 11.3 Å². The van der Waals surface area contributed by atoms with Gasteiger partial charge in [-0.25, -0.2) is 0 Å². The Balaban J connectivity index is 1.40. The normalized spacial score (nSPS) is 18.2. The van der Waals surface area contributed by atoms with Gasteiger partial charge in [-0.1, -0.05) is 23.7 Å². The monoisotopic (exact) mass is 397 g/mol. The number of likely N-dealkylation sites (tertiary alicyclic amines) is 1. The minimum absolute atomic E-state index is 0.0377. The van der Waals surface area contributed by atoms with Crippen LogP contribution in [0.2, 0.25) is 5.02 Å². The van der Waals surface area contributed by atoms with Gasteiger partial charge in [0, 0.05) is 29.7 Å². The number of aromatic nitrogens is 1. The Morgan fingerprint density at radius 2 is 1.96 bits per heavy atom. The van der Waals surface area contributed by atoms with Gasteiger partial charge in [0.15, 0.2) is 0 Å². The quantitative estimate of drug-likeness (QED) is 0.776. The molecule has 1 saturated carbocycles. The number of piperidine rings is 1. The van der Waals surface area contributed by atoms with Gasteiger partial charge in [-0.15, -0.1) is 0 Å². The fourth-order valence-corrected chi connectivity index (χ4v) is 4.21. The SMILES string of the molecule is Cc1ccc(C(=O)NCC2CC2)c(C2CCN(Cc3cccc(Cl)c3)CC2)n1. The van der Waals surface area contributed by atoms with Crippen LogP contribution >= 0.6 is 11.6 Å². The molecule has 0 unspecified atom stereocenters. The lowest BCUT2D eigenvalue weighted by molar-refractivity contribution is 0.0948. The van der Waals surface area contributed by atoms with Crippen LogP contribution in [0.4, 0.5) is 0 Å². The topological polar surface area (TPSA) is 45.2 Å². The summed E-state index contributed by atoms with van der Waals surface area (Å²) >= 11 is 6.11. The predicted molar refractivity (Wildman–Crippen MR) is 113 cm³/mol. The van der Waals surface area contributed by atoms with Crippen LogP contribution in [0.1, 0.15) is 58.9 Å². The van der Waals surface area contributed by atoms with Gasteiger partial charge in [-0.05, 0) is 81.4 Å². The Labute approximate surface area is 172 Å². The van der Waals surface area contributed by atoms with E-state index in [-0.39, 0.29) is 5.91 Å². The molecule has 2 fully saturated rings. The molecule has 1 saturated heterocycles. The zero-order valence-electron chi connectivity index (χ0n) is 16.5. The maximum atomic E-state index is 12.7. The van der Waals surface area contributed by atoms with E-state index in [1.807, 2.05) is 37.3 Å². The van der Waals surface area contributed by atoms with Crippen molar-refractivity contribution < 1.29 is 4.79 Å². The van der Waals surface area contributed by atoms with Crippen molar-refractivity contribution in [1.29, 1.82) is 0 Å². The highest BCUT2D eigenvalue weighted by Gasteiger charge is 2.27. The molecule has 2 heterocycles. The molecule has 28 heavy (non-hydrogen) atoms. The number of hydrogen-bond acceptors (Lipinski definition) is 3. The molecule has 1 aromatic heterocycles. The summed E-state index contributed by atoms with van der Waals surface area (Å²) < 4.78 is 0. The average Bonchev–Trinajstić information content (AvgIpc) is 3.51. The van der Waals surface area contributed by atoms with E-state index in [9.17, 15) is 4.79 Å². The highest BCUT2D eigenvalue weighted by molar-refractivity contribution is 6.30. The summed E-state index contributed by atoms with van der Waals surface area (Å²) in [4.78, 5) is 20.0. The molecule has 1 aromatic carbocycles. The Morgan fingerprint density at radius 1 is 1.18 bits per heavy atom. The zero-order valence-corrected chi connectivity index (χ0v) is 17.2. The molecule has 4 rings (SSSR count). The zero-order chi connectivity index (χ0) is 19.5. The third-order valence-electron chi connectivity index (χ3n) is 5.83. The average molecular weight is 398 g/mol. The van der Waals surface area contributed by atoms with Gasteiger partial charge < -0.3 is 5.32 Å². The van der Waals surface area contributed by atoms with Crippen molar-refractivity contribution in [3.05, 3.63) is 63.9 Å². The second kappa shape index (κ2) is 8.62. The number of benzene rings is 1. The molecule has 0 atom stereocenters. The molecule has 0 radical (unpaired) electrons. The van der Waals surface area contributed by atoms with E-state index in [0.29, 0.717) is 11.8 Å². The third kappa shape index (κ3) is 4.92. The van der Waals surface area contributed by atoms with Crippen LogP contribution < -0.4 is 5.32 Å². The van der Waals surface area contributed by atoms with Crippen LogP contribution in [0.3, 0.4) is 0 Å². The standard InChI is InChI=1S/C23H28ClN3O/c1-16-5-8-21(23(28)25-14-17-6-7-17)22(26-16)19-9-11-27(12-10-19)15-18-3-2-4-20(24)13-18/h2-5,8,13,17,19H,6-7,9-12,14-15H2,1H3,(H,25,28). The maximum absolute atomic E-state index is 12.7. The Kier molecular flexibility index (Phi) is 5.98. The number of pyridine rings is 1. The van der Waals surface area contributed by atoms with Crippen LogP contribution in [0.5, 0.6) is 0 Å². The van der Waals surface area contributed by atoms with Gasteiger partial charge >= 0.3 is 0 Å². The number of nitrogens with one attached hydrogen (secondary N) is 1. The fourth-order valence-electron chi connectivity index (χ4n) is 3.99. The first kappa shape index (κ1) is 19.4.